The number of hydrogen-bond donors (Lipinski definition) is 2. The maximum atomic E-state index is 5.12. The lowest BCUT2D eigenvalue weighted by Crippen LogP contribution is -2.40. The van der Waals surface area contributed by atoms with Crippen LogP contribution in [-0.4, -0.2) is 45.2 Å². The van der Waals surface area contributed by atoms with Gasteiger partial charge in [0.1, 0.15) is 0 Å². The molecule has 20 heavy (non-hydrogen) atoms. The smallest absolute Gasteiger partial charge is 0.187 e. The highest BCUT2D eigenvalue weighted by atomic mass is 32.1. The van der Waals surface area contributed by atoms with Gasteiger partial charge in [0.05, 0.1) is 12.8 Å². The van der Waals surface area contributed by atoms with Crippen LogP contribution < -0.4 is 15.6 Å². The van der Waals surface area contributed by atoms with E-state index in [9.17, 15) is 0 Å². The molecule has 0 aliphatic rings. The molecule has 0 heterocycles. The quantitative estimate of drug-likeness (QED) is 0.474. The van der Waals surface area contributed by atoms with Gasteiger partial charge < -0.3 is 15.0 Å². The fourth-order valence-corrected chi connectivity index (χ4v) is 1.83. The highest BCUT2D eigenvalue weighted by Crippen LogP contribution is 2.10. The maximum Gasteiger partial charge on any atom is 0.187 e. The summed E-state index contributed by atoms with van der Waals surface area (Å²) in [5.74, 6) is 0. The Morgan fingerprint density at radius 3 is 2.60 bits per heavy atom. The van der Waals surface area contributed by atoms with Gasteiger partial charge in [-0.1, -0.05) is 12.1 Å². The molecule has 0 aromatic heterocycles. The molecule has 5 nitrogen and oxygen atoms in total. The molecule has 1 atom stereocenters. The van der Waals surface area contributed by atoms with Crippen LogP contribution in [0.5, 0.6) is 0 Å². The van der Waals surface area contributed by atoms with E-state index in [0.29, 0.717) is 11.7 Å². The number of rotatable bonds is 6. The van der Waals surface area contributed by atoms with Crippen LogP contribution in [0, 0.1) is 0 Å². The molecule has 0 spiro atoms. The zero-order chi connectivity index (χ0) is 15.0. The third-order valence-electron chi connectivity index (χ3n) is 2.58. The van der Waals surface area contributed by atoms with Crippen molar-refractivity contribution in [3.05, 3.63) is 29.8 Å². The first-order valence-electron chi connectivity index (χ1n) is 6.39. The first-order chi connectivity index (χ1) is 9.52. The number of benzene rings is 1. The van der Waals surface area contributed by atoms with Crippen molar-refractivity contribution in [2.24, 2.45) is 5.10 Å². The molecule has 0 aliphatic carbocycles. The summed E-state index contributed by atoms with van der Waals surface area (Å²) < 4.78 is 5.02. The summed E-state index contributed by atoms with van der Waals surface area (Å²) in [6, 6.07) is 8.24. The number of nitrogens with one attached hydrogen (secondary N) is 2. The molecule has 0 radical (unpaired) electrons. The van der Waals surface area contributed by atoms with Crippen molar-refractivity contribution in [2.45, 2.75) is 13.0 Å². The maximum absolute atomic E-state index is 5.12. The van der Waals surface area contributed by atoms with Crippen molar-refractivity contribution in [3.8, 4) is 0 Å². The van der Waals surface area contributed by atoms with E-state index in [-0.39, 0.29) is 6.04 Å². The van der Waals surface area contributed by atoms with Gasteiger partial charge in [-0.2, -0.15) is 5.10 Å². The molecule has 110 valence electrons. The Labute approximate surface area is 126 Å². The molecule has 0 amide bonds. The first kappa shape index (κ1) is 16.4. The number of hydrazone groups is 1. The highest BCUT2D eigenvalue weighted by molar-refractivity contribution is 7.80. The van der Waals surface area contributed by atoms with Crippen LogP contribution in [0.15, 0.2) is 29.4 Å². The number of anilines is 1. The fourth-order valence-electron chi connectivity index (χ4n) is 1.57. The minimum atomic E-state index is 0.148. The van der Waals surface area contributed by atoms with E-state index in [1.165, 1.54) is 0 Å². The molecular weight excluding hydrogens is 272 g/mol. The van der Waals surface area contributed by atoms with Crippen molar-refractivity contribution in [3.63, 3.8) is 0 Å². The highest BCUT2D eigenvalue weighted by Gasteiger charge is 2.01. The summed E-state index contributed by atoms with van der Waals surface area (Å²) in [5.41, 5.74) is 4.95. The summed E-state index contributed by atoms with van der Waals surface area (Å²) in [6.07, 6.45) is 1.73. The van der Waals surface area contributed by atoms with Crippen molar-refractivity contribution >= 4 is 29.2 Å². The van der Waals surface area contributed by atoms with Gasteiger partial charge in [-0.3, -0.25) is 5.43 Å². The summed E-state index contributed by atoms with van der Waals surface area (Å²) in [5, 5.41) is 7.64. The summed E-state index contributed by atoms with van der Waals surface area (Å²) in [6.45, 7) is 2.58. The molecule has 0 aliphatic heterocycles. The molecular formula is C14H22N4OS. The lowest BCUT2D eigenvalue weighted by atomic mass is 10.2. The van der Waals surface area contributed by atoms with Crippen LogP contribution in [0.3, 0.4) is 0 Å². The van der Waals surface area contributed by atoms with Gasteiger partial charge >= 0.3 is 0 Å². The van der Waals surface area contributed by atoms with Crippen molar-refractivity contribution in [1.82, 2.24) is 10.7 Å². The number of thiocarbonyl (C=S) groups is 1. The minimum absolute atomic E-state index is 0.148. The molecule has 0 fully saturated rings. The molecule has 1 rings (SSSR count). The number of nitrogens with zero attached hydrogens (tertiary/aromatic N) is 2. The van der Waals surface area contributed by atoms with Gasteiger partial charge in [0.2, 0.25) is 0 Å². The second-order valence-electron chi connectivity index (χ2n) is 4.69. The normalized spacial score (nSPS) is 12.2. The van der Waals surface area contributed by atoms with Crippen molar-refractivity contribution < 1.29 is 4.74 Å². The molecule has 1 aromatic carbocycles. The van der Waals surface area contributed by atoms with E-state index < -0.39 is 0 Å². The molecule has 0 saturated heterocycles. The van der Waals surface area contributed by atoms with Crippen LogP contribution in [-0.2, 0) is 4.74 Å². The van der Waals surface area contributed by atoms with Gasteiger partial charge in [-0.05, 0) is 36.8 Å². The van der Waals surface area contributed by atoms with E-state index in [1.807, 2.05) is 45.3 Å². The zero-order valence-corrected chi connectivity index (χ0v) is 13.2. The standard InChI is InChI=1S/C14H22N4OS/c1-11(10-19-4)16-14(20)17-15-9-12-5-7-13(8-6-12)18(2)3/h5-9,11H,10H2,1-4H3,(H2,16,17,20)/b15-9-/t11-/m0/s1. The minimum Gasteiger partial charge on any atom is -0.383 e. The fraction of sp³-hybridized carbons (Fsp3) is 0.429. The third kappa shape index (κ3) is 5.99. The zero-order valence-electron chi connectivity index (χ0n) is 12.4. The van der Waals surface area contributed by atoms with Crippen LogP contribution in [0.25, 0.3) is 0 Å². The topological polar surface area (TPSA) is 48.9 Å². The van der Waals surface area contributed by atoms with Crippen molar-refractivity contribution in [1.29, 1.82) is 0 Å². The molecule has 0 bridgehead atoms. The van der Waals surface area contributed by atoms with E-state index >= 15 is 0 Å². The summed E-state index contributed by atoms with van der Waals surface area (Å²) >= 11 is 5.12. The van der Waals surface area contributed by atoms with E-state index in [4.69, 9.17) is 17.0 Å². The largest absolute Gasteiger partial charge is 0.383 e. The van der Waals surface area contributed by atoms with Crippen LogP contribution in [0.2, 0.25) is 0 Å². The monoisotopic (exact) mass is 294 g/mol. The molecule has 2 N–H and O–H groups in total. The molecule has 1 aromatic rings. The van der Waals surface area contributed by atoms with Gasteiger partial charge in [0, 0.05) is 32.9 Å². The molecule has 0 saturated carbocycles. The van der Waals surface area contributed by atoms with Gasteiger partial charge in [0.25, 0.3) is 0 Å². The van der Waals surface area contributed by atoms with E-state index in [2.05, 4.69) is 20.7 Å². The SMILES string of the molecule is COC[C@H](C)NC(=S)N/N=C\c1ccc(N(C)C)cc1. The van der Waals surface area contributed by atoms with Gasteiger partial charge in [-0.25, -0.2) is 0 Å². The number of methoxy groups -OCH3 is 1. The summed E-state index contributed by atoms with van der Waals surface area (Å²) in [4.78, 5) is 2.05. The Balaban J connectivity index is 2.42. The van der Waals surface area contributed by atoms with E-state index in [0.717, 1.165) is 11.3 Å². The lowest BCUT2D eigenvalue weighted by molar-refractivity contribution is 0.179. The number of ether oxygens (including phenoxy) is 1. The molecule has 6 heteroatoms. The van der Waals surface area contributed by atoms with Crippen LogP contribution >= 0.6 is 12.2 Å². The Kier molecular flexibility index (Phi) is 6.97. The third-order valence-corrected chi connectivity index (χ3v) is 2.79. The first-order valence-corrected chi connectivity index (χ1v) is 6.79. The number of hydrogen-bond acceptors (Lipinski definition) is 4. The van der Waals surface area contributed by atoms with E-state index in [1.54, 1.807) is 13.3 Å². The lowest BCUT2D eigenvalue weighted by Gasteiger charge is -2.14. The van der Waals surface area contributed by atoms with Gasteiger partial charge in [0.15, 0.2) is 5.11 Å². The Bertz CT molecular complexity index is 445. The predicted molar refractivity (Wildman–Crippen MR) is 88.6 cm³/mol. The van der Waals surface area contributed by atoms with Crippen LogP contribution in [0.1, 0.15) is 12.5 Å². The van der Waals surface area contributed by atoms with Gasteiger partial charge in [-0.15, -0.1) is 0 Å². The summed E-state index contributed by atoms with van der Waals surface area (Å²) in [7, 11) is 5.68. The Morgan fingerprint density at radius 2 is 2.05 bits per heavy atom. The molecule has 0 unspecified atom stereocenters. The second kappa shape index (κ2) is 8.50. The average molecular weight is 294 g/mol. The second-order valence-corrected chi connectivity index (χ2v) is 5.09. The average Bonchev–Trinajstić information content (AvgIpc) is 2.39. The Morgan fingerprint density at radius 1 is 1.40 bits per heavy atom. The van der Waals surface area contributed by atoms with Crippen molar-refractivity contribution in [2.75, 3.05) is 32.7 Å². The van der Waals surface area contributed by atoms with Crippen LogP contribution in [0.4, 0.5) is 5.69 Å². The Hall–Kier alpha value is -1.66. The predicted octanol–water partition coefficient (Wildman–Crippen LogP) is 1.59.